The molecule has 1 amide bonds. The molecule has 1 aromatic heterocycles. The van der Waals surface area contributed by atoms with Crippen molar-refractivity contribution in [1.82, 2.24) is 9.97 Å². The number of nitrogens with one attached hydrogen (secondary N) is 2. The molecule has 1 aliphatic carbocycles. The summed E-state index contributed by atoms with van der Waals surface area (Å²) in [5.74, 6) is -0.0409. The van der Waals surface area contributed by atoms with Gasteiger partial charge in [-0.15, -0.1) is 0 Å². The number of amides is 1. The van der Waals surface area contributed by atoms with E-state index in [-0.39, 0.29) is 41.0 Å². The minimum absolute atomic E-state index is 0.0258. The number of carbonyl (C=O) groups is 1. The molecule has 7 nitrogen and oxygen atoms in total. The van der Waals surface area contributed by atoms with Crippen LogP contribution in [-0.4, -0.2) is 38.8 Å². The van der Waals surface area contributed by atoms with E-state index < -0.39 is 5.60 Å². The van der Waals surface area contributed by atoms with Crippen molar-refractivity contribution >= 4 is 17.2 Å². The lowest BCUT2D eigenvalue weighted by molar-refractivity contribution is -0.187. The summed E-state index contributed by atoms with van der Waals surface area (Å²) in [6.45, 7) is 10.7. The number of imidazole rings is 1. The second kappa shape index (κ2) is 9.25. The first kappa shape index (κ1) is 25.2. The molecule has 0 bridgehead atoms. The van der Waals surface area contributed by atoms with Gasteiger partial charge in [-0.25, -0.2) is 4.98 Å². The van der Waals surface area contributed by atoms with E-state index in [0.29, 0.717) is 0 Å². The van der Waals surface area contributed by atoms with Crippen LogP contribution in [-0.2, 0) is 4.74 Å². The molecule has 2 aromatic rings. The van der Waals surface area contributed by atoms with Crippen molar-refractivity contribution in [1.29, 1.82) is 5.26 Å². The fourth-order valence-electron chi connectivity index (χ4n) is 5.46. The van der Waals surface area contributed by atoms with E-state index in [9.17, 15) is 9.90 Å². The van der Waals surface area contributed by atoms with Crippen LogP contribution < -0.4 is 5.32 Å². The molecule has 2 atom stereocenters. The quantitative estimate of drug-likeness (QED) is 0.524. The molecule has 7 heteroatoms. The van der Waals surface area contributed by atoms with Gasteiger partial charge in [0, 0.05) is 11.3 Å². The molecular weight excluding hydrogens is 440 g/mol. The van der Waals surface area contributed by atoms with Gasteiger partial charge in [-0.3, -0.25) is 4.79 Å². The van der Waals surface area contributed by atoms with Crippen molar-refractivity contribution in [2.45, 2.75) is 83.8 Å². The van der Waals surface area contributed by atoms with Gasteiger partial charge in [-0.2, -0.15) is 5.26 Å². The summed E-state index contributed by atoms with van der Waals surface area (Å²) >= 11 is 0. The molecular formula is C28H36N4O3. The highest BCUT2D eigenvalue weighted by Gasteiger charge is 2.42. The number of aliphatic hydroxyl groups is 1. The van der Waals surface area contributed by atoms with E-state index in [0.717, 1.165) is 43.4 Å². The SMILES string of the molecule is CC1(C)CC=C(c2cc([C@H]3CC(C)(C)O[C@](C)(CO)C3)ccc2NC(=O)c2ncc(C#N)[nH]2)CC1. The number of carbonyl (C=O) groups excluding carboxylic acids is 1. The normalized spacial score (nSPS) is 25.4. The lowest BCUT2D eigenvalue weighted by Crippen LogP contribution is -2.48. The van der Waals surface area contributed by atoms with Crippen molar-refractivity contribution < 1.29 is 14.6 Å². The smallest absolute Gasteiger partial charge is 0.291 e. The number of anilines is 1. The molecule has 186 valence electrons. The second-order valence-corrected chi connectivity index (χ2v) is 11.7. The number of hydrogen-bond donors (Lipinski definition) is 3. The number of aliphatic hydroxyl groups excluding tert-OH is 1. The molecule has 4 rings (SSSR count). The first-order valence-electron chi connectivity index (χ1n) is 12.3. The zero-order valence-electron chi connectivity index (χ0n) is 21.4. The van der Waals surface area contributed by atoms with Crippen molar-refractivity contribution in [2.24, 2.45) is 5.41 Å². The van der Waals surface area contributed by atoms with Gasteiger partial charge < -0.3 is 20.1 Å². The second-order valence-electron chi connectivity index (χ2n) is 11.7. The van der Waals surface area contributed by atoms with Gasteiger partial charge >= 0.3 is 0 Å². The van der Waals surface area contributed by atoms with E-state index >= 15 is 0 Å². The third-order valence-corrected chi connectivity index (χ3v) is 7.27. The molecule has 3 N–H and O–H groups in total. The van der Waals surface area contributed by atoms with Gasteiger partial charge in [0.25, 0.3) is 5.91 Å². The van der Waals surface area contributed by atoms with Crippen LogP contribution in [0, 0.1) is 16.7 Å². The number of hydrogen-bond acceptors (Lipinski definition) is 5. The molecule has 0 spiro atoms. The topological polar surface area (TPSA) is 111 Å². The highest BCUT2D eigenvalue weighted by atomic mass is 16.5. The number of benzene rings is 1. The molecule has 35 heavy (non-hydrogen) atoms. The molecule has 1 saturated heterocycles. The monoisotopic (exact) mass is 476 g/mol. The van der Waals surface area contributed by atoms with Crippen LogP contribution in [0.5, 0.6) is 0 Å². The molecule has 1 fully saturated rings. The Kier molecular flexibility index (Phi) is 6.65. The summed E-state index contributed by atoms with van der Waals surface area (Å²) in [7, 11) is 0. The van der Waals surface area contributed by atoms with Crippen LogP contribution in [0.3, 0.4) is 0 Å². The van der Waals surface area contributed by atoms with Gasteiger partial charge in [0.2, 0.25) is 0 Å². The minimum Gasteiger partial charge on any atom is -0.393 e. The number of H-pyrrole nitrogens is 1. The van der Waals surface area contributed by atoms with Crippen molar-refractivity contribution in [3.05, 3.63) is 53.1 Å². The number of aromatic nitrogens is 2. The zero-order valence-corrected chi connectivity index (χ0v) is 21.4. The molecule has 1 aromatic carbocycles. The van der Waals surface area contributed by atoms with E-state index in [2.05, 4.69) is 61.2 Å². The van der Waals surface area contributed by atoms with Crippen LogP contribution in [0.25, 0.3) is 5.57 Å². The predicted octanol–water partition coefficient (Wildman–Crippen LogP) is 5.55. The number of nitrogens with zero attached hydrogens (tertiary/aromatic N) is 2. The summed E-state index contributed by atoms with van der Waals surface area (Å²) in [5, 5.41) is 22.1. The van der Waals surface area contributed by atoms with Crippen molar-refractivity contribution in [3.8, 4) is 6.07 Å². The van der Waals surface area contributed by atoms with Gasteiger partial charge in [-0.1, -0.05) is 26.0 Å². The first-order chi connectivity index (χ1) is 16.4. The van der Waals surface area contributed by atoms with Crippen LogP contribution in [0.15, 0.2) is 30.5 Å². The van der Waals surface area contributed by atoms with Gasteiger partial charge in [0.05, 0.1) is 24.0 Å². The lowest BCUT2D eigenvalue weighted by Gasteiger charge is -2.46. The predicted molar refractivity (Wildman–Crippen MR) is 136 cm³/mol. The van der Waals surface area contributed by atoms with Crippen LogP contribution in [0.2, 0.25) is 0 Å². The van der Waals surface area contributed by atoms with Crippen LogP contribution in [0.1, 0.15) is 100 Å². The molecule has 0 unspecified atom stereocenters. The Balaban J connectivity index is 1.70. The zero-order chi connectivity index (χ0) is 25.4. The summed E-state index contributed by atoms with van der Waals surface area (Å²) < 4.78 is 6.22. The average Bonchev–Trinajstić information content (AvgIpc) is 3.28. The standard InChI is InChI=1S/C28H36N4O3/c1-26(2)10-8-18(9-11-26)22-12-19(20-13-27(3,4)35-28(5,14-20)17-33)6-7-23(22)32-25(34)24-30-16-21(15-29)31-24/h6-8,12,16,20,33H,9-11,13-14,17H2,1-5H3,(H,30,31)(H,32,34)/t20-,28-/m0/s1. The fourth-order valence-corrected chi connectivity index (χ4v) is 5.46. The minimum atomic E-state index is -0.592. The average molecular weight is 477 g/mol. The fraction of sp³-hybridized carbons (Fsp3) is 0.536. The van der Waals surface area contributed by atoms with Crippen LogP contribution in [0.4, 0.5) is 5.69 Å². The van der Waals surface area contributed by atoms with Gasteiger partial charge in [-0.05, 0) is 87.5 Å². The van der Waals surface area contributed by atoms with Gasteiger partial charge in [0.1, 0.15) is 11.8 Å². The summed E-state index contributed by atoms with van der Waals surface area (Å²) in [4.78, 5) is 19.7. The number of aromatic amines is 1. The Morgan fingerprint density at radius 1 is 1.29 bits per heavy atom. The summed E-state index contributed by atoms with van der Waals surface area (Å²) in [6, 6.07) is 8.20. The van der Waals surface area contributed by atoms with E-state index in [1.165, 1.54) is 17.3 Å². The molecule has 2 heterocycles. The number of allylic oxidation sites excluding steroid dienone is 2. The van der Waals surface area contributed by atoms with E-state index in [1.807, 2.05) is 19.1 Å². The number of rotatable bonds is 5. The maximum Gasteiger partial charge on any atom is 0.291 e. The number of ether oxygens (including phenoxy) is 1. The molecule has 2 aliphatic rings. The highest BCUT2D eigenvalue weighted by molar-refractivity contribution is 6.03. The lowest BCUT2D eigenvalue weighted by atomic mass is 9.74. The van der Waals surface area contributed by atoms with E-state index in [1.54, 1.807) is 0 Å². The third-order valence-electron chi connectivity index (χ3n) is 7.27. The maximum atomic E-state index is 12.9. The van der Waals surface area contributed by atoms with Crippen LogP contribution >= 0.6 is 0 Å². The maximum absolute atomic E-state index is 12.9. The Morgan fingerprint density at radius 3 is 2.69 bits per heavy atom. The number of nitriles is 1. The van der Waals surface area contributed by atoms with Crippen molar-refractivity contribution in [3.63, 3.8) is 0 Å². The highest BCUT2D eigenvalue weighted by Crippen LogP contribution is 2.46. The first-order valence-corrected chi connectivity index (χ1v) is 12.3. The van der Waals surface area contributed by atoms with Crippen molar-refractivity contribution in [2.75, 3.05) is 11.9 Å². The van der Waals surface area contributed by atoms with Gasteiger partial charge in [0.15, 0.2) is 5.82 Å². The molecule has 0 radical (unpaired) electrons. The largest absolute Gasteiger partial charge is 0.393 e. The summed E-state index contributed by atoms with van der Waals surface area (Å²) in [6.07, 6.45) is 8.23. The Morgan fingerprint density at radius 2 is 2.06 bits per heavy atom. The molecule has 1 aliphatic heterocycles. The Labute approximate surface area is 207 Å². The Hall–Kier alpha value is -2.95. The molecule has 0 saturated carbocycles. The summed E-state index contributed by atoms with van der Waals surface area (Å²) in [5.41, 5.74) is 3.74. The third kappa shape index (κ3) is 5.66. The van der Waals surface area contributed by atoms with E-state index in [4.69, 9.17) is 10.00 Å². The Bertz CT molecular complexity index is 1190.